The topological polar surface area (TPSA) is 78.0 Å². The van der Waals surface area contributed by atoms with Crippen molar-refractivity contribution in [2.75, 3.05) is 0 Å². The Morgan fingerprint density at radius 3 is 2.75 bits per heavy atom. The zero-order valence-electron chi connectivity index (χ0n) is 10.3. The molecule has 1 heterocycles. The van der Waals surface area contributed by atoms with Gasteiger partial charge >= 0.3 is 0 Å². The SMILES string of the molecule is NC(=O)c1ccc(=O)n(CCc2c(F)cccc2Cl)n1. The minimum absolute atomic E-state index is 0.0239. The monoisotopic (exact) mass is 295 g/mol. The van der Waals surface area contributed by atoms with Gasteiger partial charge in [-0.3, -0.25) is 9.59 Å². The van der Waals surface area contributed by atoms with Gasteiger partial charge in [0.15, 0.2) is 0 Å². The number of amides is 1. The Morgan fingerprint density at radius 2 is 2.10 bits per heavy atom. The summed E-state index contributed by atoms with van der Waals surface area (Å²) in [7, 11) is 0. The lowest BCUT2D eigenvalue weighted by molar-refractivity contribution is 0.0993. The number of rotatable bonds is 4. The number of hydrogen-bond donors (Lipinski definition) is 1. The van der Waals surface area contributed by atoms with Gasteiger partial charge in [0.05, 0.1) is 0 Å². The first-order valence-electron chi connectivity index (χ1n) is 5.80. The lowest BCUT2D eigenvalue weighted by Crippen LogP contribution is -2.27. The smallest absolute Gasteiger partial charge is 0.269 e. The highest BCUT2D eigenvalue weighted by Gasteiger charge is 2.09. The number of benzene rings is 1. The second-order valence-electron chi connectivity index (χ2n) is 4.09. The second-order valence-corrected chi connectivity index (χ2v) is 4.50. The molecule has 0 aliphatic heterocycles. The molecule has 2 N–H and O–H groups in total. The number of nitrogens with zero attached hydrogens (tertiary/aromatic N) is 2. The van der Waals surface area contributed by atoms with Crippen molar-refractivity contribution in [3.63, 3.8) is 0 Å². The van der Waals surface area contributed by atoms with Gasteiger partial charge in [-0.2, -0.15) is 5.10 Å². The zero-order chi connectivity index (χ0) is 14.7. The molecule has 7 heteroatoms. The van der Waals surface area contributed by atoms with E-state index >= 15 is 0 Å². The van der Waals surface area contributed by atoms with Crippen molar-refractivity contribution < 1.29 is 9.18 Å². The van der Waals surface area contributed by atoms with Gasteiger partial charge in [-0.15, -0.1) is 0 Å². The largest absolute Gasteiger partial charge is 0.364 e. The third-order valence-corrected chi connectivity index (χ3v) is 3.11. The van der Waals surface area contributed by atoms with E-state index in [0.29, 0.717) is 5.56 Å². The Morgan fingerprint density at radius 1 is 1.35 bits per heavy atom. The van der Waals surface area contributed by atoms with Crippen LogP contribution in [0.5, 0.6) is 0 Å². The standard InChI is InChI=1S/C13H11ClFN3O2/c14-9-2-1-3-10(15)8(9)6-7-18-12(19)5-4-11(17-18)13(16)20/h1-5H,6-7H2,(H2,16,20). The van der Waals surface area contributed by atoms with Crippen LogP contribution in [0.4, 0.5) is 4.39 Å². The van der Waals surface area contributed by atoms with Gasteiger partial charge in [0.25, 0.3) is 11.5 Å². The summed E-state index contributed by atoms with van der Waals surface area (Å²) in [5.41, 5.74) is 4.96. The van der Waals surface area contributed by atoms with Gasteiger partial charge in [0, 0.05) is 23.2 Å². The molecule has 0 fully saturated rings. The van der Waals surface area contributed by atoms with Crippen LogP contribution in [0.15, 0.2) is 35.1 Å². The van der Waals surface area contributed by atoms with E-state index in [1.165, 1.54) is 24.3 Å². The van der Waals surface area contributed by atoms with Crippen LogP contribution in [0.1, 0.15) is 16.1 Å². The van der Waals surface area contributed by atoms with E-state index < -0.39 is 17.3 Å². The maximum Gasteiger partial charge on any atom is 0.269 e. The summed E-state index contributed by atoms with van der Waals surface area (Å²) in [6.07, 6.45) is 0.181. The van der Waals surface area contributed by atoms with Crippen LogP contribution in [0.3, 0.4) is 0 Å². The van der Waals surface area contributed by atoms with Gasteiger partial charge in [0.2, 0.25) is 0 Å². The Labute approximate surface area is 118 Å². The highest BCUT2D eigenvalue weighted by molar-refractivity contribution is 6.31. The molecule has 5 nitrogen and oxygen atoms in total. The Balaban J connectivity index is 2.25. The summed E-state index contributed by atoms with van der Waals surface area (Å²) in [5, 5.41) is 4.09. The summed E-state index contributed by atoms with van der Waals surface area (Å²) in [6, 6.07) is 6.79. The van der Waals surface area contributed by atoms with Gasteiger partial charge in [-0.1, -0.05) is 17.7 Å². The van der Waals surface area contributed by atoms with E-state index in [1.807, 2.05) is 0 Å². The number of primary amides is 1. The van der Waals surface area contributed by atoms with Crippen LogP contribution in [-0.4, -0.2) is 15.7 Å². The maximum absolute atomic E-state index is 13.6. The molecule has 2 aromatic rings. The van der Waals surface area contributed by atoms with Gasteiger partial charge in [0.1, 0.15) is 11.5 Å². The number of aromatic nitrogens is 2. The number of halogens is 2. The van der Waals surface area contributed by atoms with Crippen LogP contribution in [0, 0.1) is 5.82 Å². The zero-order valence-corrected chi connectivity index (χ0v) is 11.1. The molecule has 0 radical (unpaired) electrons. The fourth-order valence-electron chi connectivity index (χ4n) is 1.73. The van der Waals surface area contributed by atoms with Crippen LogP contribution in [0.25, 0.3) is 0 Å². The summed E-state index contributed by atoms with van der Waals surface area (Å²) in [5.74, 6) is -1.18. The van der Waals surface area contributed by atoms with Crippen LogP contribution < -0.4 is 11.3 Å². The van der Waals surface area contributed by atoms with Gasteiger partial charge in [-0.05, 0) is 24.6 Å². The van der Waals surface area contributed by atoms with Crippen molar-refractivity contribution in [2.24, 2.45) is 5.73 Å². The van der Waals surface area contributed by atoms with E-state index in [2.05, 4.69) is 5.10 Å². The molecule has 0 saturated carbocycles. The number of carbonyl (C=O) groups is 1. The first-order chi connectivity index (χ1) is 9.49. The molecule has 104 valence electrons. The molecular weight excluding hydrogens is 285 g/mol. The average molecular weight is 296 g/mol. The number of nitrogens with two attached hydrogens (primary N) is 1. The minimum Gasteiger partial charge on any atom is -0.364 e. The third kappa shape index (κ3) is 3.03. The van der Waals surface area contributed by atoms with Crippen molar-refractivity contribution in [2.45, 2.75) is 13.0 Å². The van der Waals surface area contributed by atoms with E-state index in [-0.39, 0.29) is 23.7 Å². The highest BCUT2D eigenvalue weighted by atomic mass is 35.5. The minimum atomic E-state index is -0.734. The summed E-state index contributed by atoms with van der Waals surface area (Å²) >= 11 is 5.90. The summed E-state index contributed by atoms with van der Waals surface area (Å²) < 4.78 is 14.7. The lowest BCUT2D eigenvalue weighted by Gasteiger charge is -2.08. The van der Waals surface area contributed by atoms with E-state index in [1.54, 1.807) is 6.07 Å². The molecule has 0 aliphatic carbocycles. The van der Waals surface area contributed by atoms with Crippen molar-refractivity contribution in [3.8, 4) is 0 Å². The number of hydrogen-bond acceptors (Lipinski definition) is 3. The Hall–Kier alpha value is -2.21. The fourth-order valence-corrected chi connectivity index (χ4v) is 1.99. The number of aryl methyl sites for hydroxylation is 1. The van der Waals surface area contributed by atoms with Crippen LogP contribution in [0.2, 0.25) is 5.02 Å². The van der Waals surface area contributed by atoms with Gasteiger partial charge < -0.3 is 5.73 Å². The molecule has 0 aliphatic rings. The predicted molar refractivity (Wildman–Crippen MR) is 72.1 cm³/mol. The molecule has 1 amide bonds. The maximum atomic E-state index is 13.6. The molecule has 20 heavy (non-hydrogen) atoms. The summed E-state index contributed by atoms with van der Waals surface area (Å²) in [4.78, 5) is 22.6. The van der Waals surface area contributed by atoms with Crippen LogP contribution in [-0.2, 0) is 13.0 Å². The van der Waals surface area contributed by atoms with E-state index in [4.69, 9.17) is 17.3 Å². The molecule has 0 atom stereocenters. The molecule has 0 bridgehead atoms. The van der Waals surface area contributed by atoms with Crippen molar-refractivity contribution in [1.82, 2.24) is 9.78 Å². The fraction of sp³-hybridized carbons (Fsp3) is 0.154. The molecule has 0 saturated heterocycles. The van der Waals surface area contributed by atoms with Crippen LogP contribution >= 0.6 is 11.6 Å². The molecular formula is C13H11ClFN3O2. The average Bonchev–Trinajstić information content (AvgIpc) is 2.39. The predicted octanol–water partition coefficient (Wildman–Crippen LogP) is 1.38. The van der Waals surface area contributed by atoms with Crippen molar-refractivity contribution in [3.05, 3.63) is 62.8 Å². The molecule has 0 spiro atoms. The quantitative estimate of drug-likeness (QED) is 0.925. The Kier molecular flexibility index (Phi) is 4.14. The molecule has 2 rings (SSSR count). The highest BCUT2D eigenvalue weighted by Crippen LogP contribution is 2.19. The lowest BCUT2D eigenvalue weighted by atomic mass is 10.1. The molecule has 1 aromatic heterocycles. The second kappa shape index (κ2) is 5.83. The normalized spacial score (nSPS) is 10.5. The molecule has 0 unspecified atom stereocenters. The van der Waals surface area contributed by atoms with Gasteiger partial charge in [-0.25, -0.2) is 9.07 Å². The summed E-state index contributed by atoms with van der Waals surface area (Å²) in [6.45, 7) is 0.0978. The number of carbonyl (C=O) groups excluding carboxylic acids is 1. The van der Waals surface area contributed by atoms with E-state index in [0.717, 1.165) is 4.68 Å². The van der Waals surface area contributed by atoms with Crippen molar-refractivity contribution >= 4 is 17.5 Å². The first-order valence-corrected chi connectivity index (χ1v) is 6.17. The molecule has 1 aromatic carbocycles. The first kappa shape index (κ1) is 14.2. The Bertz CT molecular complexity index is 695. The van der Waals surface area contributed by atoms with E-state index in [9.17, 15) is 14.0 Å². The van der Waals surface area contributed by atoms with Crippen molar-refractivity contribution in [1.29, 1.82) is 0 Å². The third-order valence-electron chi connectivity index (χ3n) is 2.75.